The van der Waals surface area contributed by atoms with Gasteiger partial charge in [0, 0.05) is 45.1 Å². The number of carboxylic acids is 1. The first-order valence-electron chi connectivity index (χ1n) is 7.78. The molecule has 1 unspecified atom stereocenters. The van der Waals surface area contributed by atoms with E-state index in [1.165, 1.54) is 0 Å². The van der Waals surface area contributed by atoms with E-state index in [0.29, 0.717) is 6.42 Å². The Hall–Kier alpha value is -1.72. The summed E-state index contributed by atoms with van der Waals surface area (Å²) in [5.74, 6) is -1.18. The highest BCUT2D eigenvalue weighted by Crippen LogP contribution is 2.25. The van der Waals surface area contributed by atoms with Gasteiger partial charge in [0.25, 0.3) is 0 Å². The minimum atomic E-state index is -1.05. The molecule has 0 saturated carbocycles. The molecule has 2 rings (SSSR count). The number of hydrogen-bond donors (Lipinski definition) is 2. The second kappa shape index (κ2) is 8.06. The average molecular weight is 304 g/mol. The smallest absolute Gasteiger partial charge is 0.310 e. The monoisotopic (exact) mass is 304 g/mol. The molecule has 2 N–H and O–H groups in total. The van der Waals surface area contributed by atoms with Gasteiger partial charge in [-0.3, -0.25) is 9.59 Å². The van der Waals surface area contributed by atoms with Gasteiger partial charge >= 0.3 is 5.97 Å². The van der Waals surface area contributed by atoms with Crippen LogP contribution in [0.3, 0.4) is 0 Å². The Labute approximate surface area is 131 Å². The molecule has 5 heteroatoms. The summed E-state index contributed by atoms with van der Waals surface area (Å²) in [6, 6.07) is 8.06. The maximum Gasteiger partial charge on any atom is 0.310 e. The Morgan fingerprint density at radius 3 is 2.59 bits per heavy atom. The zero-order chi connectivity index (χ0) is 15.9. The Kier molecular flexibility index (Phi) is 6.10. The van der Waals surface area contributed by atoms with Gasteiger partial charge in [-0.1, -0.05) is 24.3 Å². The maximum atomic E-state index is 12.0. The number of nitrogens with one attached hydrogen (secondary N) is 1. The first-order chi connectivity index (χ1) is 10.6. The topological polar surface area (TPSA) is 69.6 Å². The van der Waals surface area contributed by atoms with Crippen LogP contribution in [-0.4, -0.2) is 54.5 Å². The van der Waals surface area contributed by atoms with Crippen LogP contribution in [0.15, 0.2) is 24.3 Å². The normalized spacial score (nSPS) is 17.1. The van der Waals surface area contributed by atoms with Crippen molar-refractivity contribution in [2.45, 2.75) is 25.7 Å². The lowest BCUT2D eigenvalue weighted by Crippen LogP contribution is -2.45. The van der Waals surface area contributed by atoms with Gasteiger partial charge in [0.05, 0.1) is 0 Å². The number of nitrogens with zero attached hydrogens (tertiary/aromatic N) is 1. The first-order valence-corrected chi connectivity index (χ1v) is 7.78. The lowest BCUT2D eigenvalue weighted by molar-refractivity contribution is -0.140. The molecule has 0 aromatic heterocycles. The summed E-state index contributed by atoms with van der Waals surface area (Å²) < 4.78 is 0. The molecule has 1 aromatic rings. The van der Waals surface area contributed by atoms with E-state index in [4.69, 9.17) is 5.11 Å². The third-order valence-corrected chi connectivity index (χ3v) is 4.14. The van der Waals surface area contributed by atoms with Gasteiger partial charge in [-0.25, -0.2) is 0 Å². The molecule has 1 saturated heterocycles. The van der Waals surface area contributed by atoms with Crippen LogP contribution in [0.2, 0.25) is 0 Å². The number of benzene rings is 1. The molecule has 120 valence electrons. The van der Waals surface area contributed by atoms with Crippen LogP contribution in [0.4, 0.5) is 0 Å². The zero-order valence-electron chi connectivity index (χ0n) is 13.0. The van der Waals surface area contributed by atoms with E-state index in [1.54, 1.807) is 0 Å². The predicted octanol–water partition coefficient (Wildman–Crippen LogP) is 1.42. The fourth-order valence-corrected chi connectivity index (χ4v) is 3.04. The van der Waals surface area contributed by atoms with Crippen molar-refractivity contribution in [1.82, 2.24) is 10.2 Å². The number of carbonyl (C=O) groups is 2. The molecule has 1 fully saturated rings. The molecule has 0 spiro atoms. The number of aliphatic carboxylic acids is 1. The number of rotatable bonds is 7. The van der Waals surface area contributed by atoms with Gasteiger partial charge in [-0.2, -0.15) is 0 Å². The highest BCUT2D eigenvalue weighted by molar-refractivity contribution is 5.95. The van der Waals surface area contributed by atoms with E-state index in [0.717, 1.165) is 43.9 Å². The van der Waals surface area contributed by atoms with Crippen LogP contribution in [0.5, 0.6) is 0 Å². The number of carboxylic acid groups (broad SMARTS) is 1. The van der Waals surface area contributed by atoms with Crippen LogP contribution in [-0.2, 0) is 9.59 Å². The number of carbonyl (C=O) groups excluding carboxylic acids is 1. The molecule has 22 heavy (non-hydrogen) atoms. The van der Waals surface area contributed by atoms with Crippen LogP contribution in [0.25, 0.3) is 0 Å². The van der Waals surface area contributed by atoms with Crippen LogP contribution in [0, 0.1) is 6.92 Å². The summed E-state index contributed by atoms with van der Waals surface area (Å²) in [4.78, 5) is 25.1. The number of hydrogen-bond acceptors (Lipinski definition) is 4. The van der Waals surface area contributed by atoms with Crippen LogP contribution >= 0.6 is 0 Å². The molecule has 0 bridgehead atoms. The summed E-state index contributed by atoms with van der Waals surface area (Å²) in [5.41, 5.74) is 2.31. The second-order valence-electron chi connectivity index (χ2n) is 5.92. The highest BCUT2D eigenvalue weighted by Gasteiger charge is 2.22. The minimum Gasteiger partial charge on any atom is -0.481 e. The summed E-state index contributed by atoms with van der Waals surface area (Å²) in [5, 5.41) is 12.1. The fraction of sp³-hybridized carbons (Fsp3) is 0.529. The standard InChI is InChI=1S/C17H24N2O3/c1-13-4-2-3-5-16(13)14(10-15(20)11-17(21)22)12-19-8-6-18-7-9-19/h2-5,14,18H,6-12H2,1H3,(H,21,22). The maximum absolute atomic E-state index is 12.0. The van der Waals surface area contributed by atoms with Crippen molar-refractivity contribution >= 4 is 11.8 Å². The van der Waals surface area contributed by atoms with Crippen molar-refractivity contribution in [3.05, 3.63) is 35.4 Å². The minimum absolute atomic E-state index is 0.0612. The second-order valence-corrected chi connectivity index (χ2v) is 5.92. The van der Waals surface area contributed by atoms with Gasteiger partial charge < -0.3 is 15.3 Å². The Balaban J connectivity index is 2.11. The van der Waals surface area contributed by atoms with E-state index < -0.39 is 5.97 Å². The molecule has 1 aliphatic rings. The average Bonchev–Trinajstić information content (AvgIpc) is 2.47. The Bertz CT molecular complexity index is 524. The number of aryl methyl sites for hydroxylation is 1. The van der Waals surface area contributed by atoms with Crippen molar-refractivity contribution in [2.24, 2.45) is 0 Å². The Morgan fingerprint density at radius 2 is 1.95 bits per heavy atom. The molecular weight excluding hydrogens is 280 g/mol. The van der Waals surface area contributed by atoms with Crippen molar-refractivity contribution in [2.75, 3.05) is 32.7 Å². The van der Waals surface area contributed by atoms with Gasteiger partial charge in [0.15, 0.2) is 0 Å². The number of Topliss-reactive ketones (excluding diaryl/α,β-unsaturated/α-hetero) is 1. The van der Waals surface area contributed by atoms with Gasteiger partial charge in [-0.05, 0) is 18.1 Å². The third kappa shape index (κ3) is 4.93. The molecular formula is C17H24N2O3. The molecule has 1 heterocycles. The van der Waals surface area contributed by atoms with Crippen molar-refractivity contribution < 1.29 is 14.7 Å². The quantitative estimate of drug-likeness (QED) is 0.746. The molecule has 5 nitrogen and oxygen atoms in total. The largest absolute Gasteiger partial charge is 0.481 e. The predicted molar refractivity (Wildman–Crippen MR) is 85.1 cm³/mol. The van der Waals surface area contributed by atoms with E-state index in [9.17, 15) is 9.59 Å². The molecule has 0 aliphatic carbocycles. The number of piperazine rings is 1. The molecule has 0 amide bonds. The SMILES string of the molecule is Cc1ccccc1C(CC(=O)CC(=O)O)CN1CCNCC1. The van der Waals surface area contributed by atoms with E-state index in [-0.39, 0.29) is 18.1 Å². The number of ketones is 1. The summed E-state index contributed by atoms with van der Waals surface area (Å²) in [6.07, 6.45) is -0.0922. The third-order valence-electron chi connectivity index (χ3n) is 4.14. The zero-order valence-corrected chi connectivity index (χ0v) is 13.0. The van der Waals surface area contributed by atoms with E-state index >= 15 is 0 Å². The van der Waals surface area contributed by atoms with Crippen LogP contribution < -0.4 is 5.32 Å². The van der Waals surface area contributed by atoms with E-state index in [1.807, 2.05) is 25.1 Å². The molecule has 1 atom stereocenters. The molecule has 1 aromatic carbocycles. The lowest BCUT2D eigenvalue weighted by Gasteiger charge is -2.31. The molecule has 1 aliphatic heterocycles. The fourth-order valence-electron chi connectivity index (χ4n) is 3.04. The van der Waals surface area contributed by atoms with Crippen molar-refractivity contribution in [3.8, 4) is 0 Å². The summed E-state index contributed by atoms with van der Waals surface area (Å²) in [6.45, 7) is 6.71. The highest BCUT2D eigenvalue weighted by atomic mass is 16.4. The summed E-state index contributed by atoms with van der Waals surface area (Å²) >= 11 is 0. The van der Waals surface area contributed by atoms with E-state index in [2.05, 4.69) is 16.3 Å². The first kappa shape index (κ1) is 16.6. The summed E-state index contributed by atoms with van der Waals surface area (Å²) in [7, 11) is 0. The van der Waals surface area contributed by atoms with Crippen molar-refractivity contribution in [3.63, 3.8) is 0 Å². The van der Waals surface area contributed by atoms with Crippen molar-refractivity contribution in [1.29, 1.82) is 0 Å². The van der Waals surface area contributed by atoms with Crippen LogP contribution in [0.1, 0.15) is 29.9 Å². The van der Waals surface area contributed by atoms with Gasteiger partial charge in [0.2, 0.25) is 0 Å². The molecule has 0 radical (unpaired) electrons. The van der Waals surface area contributed by atoms with Gasteiger partial charge in [0.1, 0.15) is 12.2 Å². The Morgan fingerprint density at radius 1 is 1.27 bits per heavy atom. The lowest BCUT2D eigenvalue weighted by atomic mass is 9.89. The van der Waals surface area contributed by atoms with Gasteiger partial charge in [-0.15, -0.1) is 0 Å².